The number of fused-ring (bicyclic) bond motifs is 1. The van der Waals surface area contributed by atoms with Crippen LogP contribution in [0.4, 0.5) is 5.69 Å². The monoisotopic (exact) mass is 374 g/mol. The molecular weight excluding hydrogens is 360 g/mol. The smallest absolute Gasteiger partial charge is 0.340 e. The molecule has 1 heterocycles. The topological polar surface area (TPSA) is 109 Å². The van der Waals surface area contributed by atoms with Gasteiger partial charge >= 0.3 is 5.97 Å². The minimum atomic E-state index is -4.17. The van der Waals surface area contributed by atoms with Crippen molar-refractivity contribution in [3.63, 3.8) is 0 Å². The second-order valence-corrected chi connectivity index (χ2v) is 7.34. The van der Waals surface area contributed by atoms with Gasteiger partial charge in [-0.05, 0) is 18.6 Å². The van der Waals surface area contributed by atoms with E-state index in [4.69, 9.17) is 4.74 Å². The number of methoxy groups -OCH3 is 1. The highest BCUT2D eigenvalue weighted by Crippen LogP contribution is 2.29. The van der Waals surface area contributed by atoms with Gasteiger partial charge in [-0.3, -0.25) is 10.1 Å². The summed E-state index contributed by atoms with van der Waals surface area (Å²) in [6.07, 6.45) is 1.17. The molecule has 3 aromatic rings. The Labute approximate surface area is 148 Å². The number of carbonyl (C=O) groups excluding carboxylic acids is 1. The van der Waals surface area contributed by atoms with Crippen LogP contribution in [0, 0.1) is 17.0 Å². The molecule has 0 saturated heterocycles. The van der Waals surface area contributed by atoms with Crippen molar-refractivity contribution in [3.8, 4) is 0 Å². The lowest BCUT2D eigenvalue weighted by Gasteiger charge is -2.10. The van der Waals surface area contributed by atoms with Crippen LogP contribution in [0.5, 0.6) is 0 Å². The van der Waals surface area contributed by atoms with Crippen LogP contribution >= 0.6 is 0 Å². The highest BCUT2D eigenvalue weighted by molar-refractivity contribution is 7.90. The number of rotatable bonds is 4. The van der Waals surface area contributed by atoms with Crippen molar-refractivity contribution in [2.75, 3.05) is 7.11 Å². The van der Waals surface area contributed by atoms with Crippen LogP contribution in [0.2, 0.25) is 0 Å². The summed E-state index contributed by atoms with van der Waals surface area (Å²) < 4.78 is 32.0. The lowest BCUT2D eigenvalue weighted by atomic mass is 10.2. The molecular formula is C17H14N2O6S. The van der Waals surface area contributed by atoms with Crippen LogP contribution < -0.4 is 0 Å². The summed E-state index contributed by atoms with van der Waals surface area (Å²) in [5.41, 5.74) is 0.389. The van der Waals surface area contributed by atoms with Crippen molar-refractivity contribution < 1.29 is 22.9 Å². The highest BCUT2D eigenvalue weighted by atomic mass is 32.2. The second-order valence-electron chi connectivity index (χ2n) is 5.56. The van der Waals surface area contributed by atoms with Gasteiger partial charge < -0.3 is 4.74 Å². The Morgan fingerprint density at radius 3 is 2.54 bits per heavy atom. The van der Waals surface area contributed by atoms with Gasteiger partial charge in [-0.2, -0.15) is 0 Å². The molecule has 0 spiro atoms. The summed E-state index contributed by atoms with van der Waals surface area (Å²) in [7, 11) is -2.97. The number of aryl methyl sites for hydroxylation is 1. The molecule has 3 rings (SSSR count). The average molecular weight is 374 g/mol. The standard InChI is InChI=1S/C17H14N2O6S/c1-11-7-8-12(19(21)22)9-16(11)26(23,24)18-10-14(17(20)25-2)13-5-3-4-6-15(13)18/h3-10H,1-2H3. The van der Waals surface area contributed by atoms with Crippen molar-refractivity contribution >= 4 is 32.6 Å². The molecule has 0 aliphatic rings. The zero-order chi connectivity index (χ0) is 19.1. The molecule has 0 unspecified atom stereocenters. The number of non-ortho nitro benzene ring substituents is 1. The third kappa shape index (κ3) is 2.72. The van der Waals surface area contributed by atoms with Gasteiger partial charge in [0.2, 0.25) is 0 Å². The third-order valence-corrected chi connectivity index (χ3v) is 5.82. The maximum atomic E-state index is 13.2. The molecule has 0 bridgehead atoms. The molecule has 0 N–H and O–H groups in total. The lowest BCUT2D eigenvalue weighted by Crippen LogP contribution is -2.14. The fraction of sp³-hybridized carbons (Fsp3) is 0.118. The number of nitrogens with zero attached hydrogens (tertiary/aromatic N) is 2. The van der Waals surface area contributed by atoms with Gasteiger partial charge in [0.05, 0.1) is 28.0 Å². The van der Waals surface area contributed by atoms with Crippen LogP contribution in [-0.4, -0.2) is 30.4 Å². The minimum Gasteiger partial charge on any atom is -0.465 e. The van der Waals surface area contributed by atoms with Gasteiger partial charge in [-0.1, -0.05) is 24.3 Å². The molecule has 134 valence electrons. The fourth-order valence-electron chi connectivity index (χ4n) is 2.71. The van der Waals surface area contributed by atoms with E-state index in [0.717, 1.165) is 10.0 Å². The van der Waals surface area contributed by atoms with Crippen molar-refractivity contribution in [2.45, 2.75) is 11.8 Å². The number of hydrogen-bond donors (Lipinski definition) is 0. The quantitative estimate of drug-likeness (QED) is 0.395. The maximum Gasteiger partial charge on any atom is 0.340 e. The average Bonchev–Trinajstić information content (AvgIpc) is 3.01. The number of carbonyl (C=O) groups is 1. The summed E-state index contributed by atoms with van der Waals surface area (Å²) in [6.45, 7) is 1.55. The zero-order valence-corrected chi connectivity index (χ0v) is 14.7. The van der Waals surface area contributed by atoms with Crippen molar-refractivity contribution in [1.29, 1.82) is 0 Å². The van der Waals surface area contributed by atoms with E-state index < -0.39 is 20.9 Å². The van der Waals surface area contributed by atoms with Crippen LogP contribution in [0.3, 0.4) is 0 Å². The highest BCUT2D eigenvalue weighted by Gasteiger charge is 2.26. The van der Waals surface area contributed by atoms with Gasteiger partial charge in [0.15, 0.2) is 0 Å². The summed E-state index contributed by atoms with van der Waals surface area (Å²) in [4.78, 5) is 22.1. The molecule has 0 fully saturated rings. The third-order valence-electron chi connectivity index (χ3n) is 4.00. The Kier molecular flexibility index (Phi) is 4.25. The Hall–Kier alpha value is -3.20. The summed E-state index contributed by atoms with van der Waals surface area (Å²) in [5.74, 6) is -0.675. The lowest BCUT2D eigenvalue weighted by molar-refractivity contribution is -0.385. The summed E-state index contributed by atoms with van der Waals surface area (Å²) in [6, 6.07) is 10.1. The summed E-state index contributed by atoms with van der Waals surface area (Å²) >= 11 is 0. The second kappa shape index (κ2) is 6.26. The number of hydrogen-bond acceptors (Lipinski definition) is 6. The van der Waals surface area contributed by atoms with Crippen LogP contribution in [0.15, 0.2) is 53.6 Å². The van der Waals surface area contributed by atoms with Gasteiger partial charge in [-0.25, -0.2) is 17.2 Å². The number of aromatic nitrogens is 1. The van der Waals surface area contributed by atoms with Crippen molar-refractivity contribution in [3.05, 3.63) is 69.9 Å². The number of nitro benzene ring substituents is 1. The first-order chi connectivity index (χ1) is 12.3. The van der Waals surface area contributed by atoms with Gasteiger partial charge in [0, 0.05) is 23.7 Å². The molecule has 1 aromatic heterocycles. The van der Waals surface area contributed by atoms with Gasteiger partial charge in [0.25, 0.3) is 15.7 Å². The van der Waals surface area contributed by atoms with Gasteiger partial charge in [-0.15, -0.1) is 0 Å². The van der Waals surface area contributed by atoms with E-state index in [1.54, 1.807) is 31.2 Å². The molecule has 0 amide bonds. The minimum absolute atomic E-state index is 0.0924. The van der Waals surface area contributed by atoms with Crippen LogP contribution in [-0.2, 0) is 14.8 Å². The van der Waals surface area contributed by atoms with Crippen molar-refractivity contribution in [2.24, 2.45) is 0 Å². The molecule has 26 heavy (non-hydrogen) atoms. The number of nitro groups is 1. The number of ether oxygens (including phenoxy) is 1. The first-order valence-corrected chi connectivity index (χ1v) is 8.90. The Morgan fingerprint density at radius 2 is 1.88 bits per heavy atom. The molecule has 0 atom stereocenters. The molecule has 9 heteroatoms. The number of benzene rings is 2. The number of esters is 1. The molecule has 0 aliphatic carbocycles. The van der Waals surface area contributed by atoms with Crippen LogP contribution in [0.25, 0.3) is 10.9 Å². The van der Waals surface area contributed by atoms with Gasteiger partial charge in [0.1, 0.15) is 0 Å². The molecule has 8 nitrogen and oxygen atoms in total. The predicted molar refractivity (Wildman–Crippen MR) is 93.7 cm³/mol. The summed E-state index contributed by atoms with van der Waals surface area (Å²) in [5, 5.41) is 11.4. The van der Waals surface area contributed by atoms with E-state index in [0.29, 0.717) is 10.9 Å². The Morgan fingerprint density at radius 1 is 1.19 bits per heavy atom. The largest absolute Gasteiger partial charge is 0.465 e. The first-order valence-electron chi connectivity index (χ1n) is 7.46. The number of para-hydroxylation sites is 1. The maximum absolute atomic E-state index is 13.2. The molecule has 0 saturated carbocycles. The normalized spacial score (nSPS) is 11.5. The Bertz CT molecular complexity index is 1150. The van der Waals surface area contributed by atoms with E-state index >= 15 is 0 Å². The predicted octanol–water partition coefficient (Wildman–Crippen LogP) is 2.88. The molecule has 0 radical (unpaired) electrons. The SMILES string of the molecule is COC(=O)c1cn(S(=O)(=O)c2cc([N+](=O)[O-])ccc2C)c2ccccc12. The van der Waals surface area contributed by atoms with Crippen molar-refractivity contribution in [1.82, 2.24) is 3.97 Å². The molecule has 2 aromatic carbocycles. The van der Waals surface area contributed by atoms with Crippen LogP contribution in [0.1, 0.15) is 15.9 Å². The van der Waals surface area contributed by atoms with E-state index in [9.17, 15) is 23.3 Å². The van der Waals surface area contributed by atoms with E-state index in [2.05, 4.69) is 0 Å². The first kappa shape index (κ1) is 17.6. The van der Waals surface area contributed by atoms with E-state index in [1.165, 1.54) is 25.4 Å². The molecule has 0 aliphatic heterocycles. The fourth-order valence-corrected chi connectivity index (χ4v) is 4.33. The van der Waals surface area contributed by atoms with E-state index in [-0.39, 0.29) is 21.7 Å². The zero-order valence-electron chi connectivity index (χ0n) is 13.9. The van der Waals surface area contributed by atoms with E-state index in [1.807, 2.05) is 0 Å². The Balaban J connectivity index is 2.31.